The lowest BCUT2D eigenvalue weighted by atomic mass is 9.77. The summed E-state index contributed by atoms with van der Waals surface area (Å²) in [6.07, 6.45) is 0.870. The summed E-state index contributed by atoms with van der Waals surface area (Å²) in [5, 5.41) is 8.91. The lowest BCUT2D eigenvalue weighted by Gasteiger charge is -2.27. The van der Waals surface area contributed by atoms with Gasteiger partial charge in [0.2, 0.25) is 11.7 Å². The summed E-state index contributed by atoms with van der Waals surface area (Å²) < 4.78 is 5.33. The Morgan fingerprint density at radius 2 is 2.24 bits per heavy atom. The summed E-state index contributed by atoms with van der Waals surface area (Å²) >= 11 is 0. The molecule has 1 aliphatic rings. The molecule has 1 heterocycles. The maximum Gasteiger partial charge on any atom is 0.373 e. The van der Waals surface area contributed by atoms with Crippen LogP contribution in [0.1, 0.15) is 39.2 Å². The van der Waals surface area contributed by atoms with E-state index in [9.17, 15) is 4.79 Å². The first kappa shape index (κ1) is 10.1. The molecule has 0 saturated heterocycles. The van der Waals surface area contributed by atoms with Crippen molar-refractivity contribution in [3.63, 3.8) is 0 Å². The van der Waals surface area contributed by atoms with E-state index >= 15 is 0 Å². The minimum Gasteiger partial charge on any atom is -0.475 e. The second-order valence-corrected chi connectivity index (χ2v) is 4.23. The molecule has 0 radical (unpaired) electrons. The van der Waals surface area contributed by atoms with E-state index in [-0.39, 0.29) is 11.7 Å². The molecule has 0 saturated carbocycles. The normalized spacial score (nSPS) is 17.4. The van der Waals surface area contributed by atoms with Crippen molar-refractivity contribution in [2.45, 2.75) is 19.3 Å². The van der Waals surface area contributed by atoms with E-state index in [0.717, 1.165) is 6.42 Å². The number of nitrogens with zero attached hydrogens (tertiary/aromatic N) is 1. The summed E-state index contributed by atoms with van der Waals surface area (Å²) in [5.74, 6) is -0.491. The quantitative estimate of drug-likeness (QED) is 0.858. The molecule has 17 heavy (non-hydrogen) atoms. The Kier molecular flexibility index (Phi) is 2.04. The molecule has 1 aromatic carbocycles. The molecular weight excluding hydrogens is 218 g/mol. The first-order chi connectivity index (χ1) is 8.16. The first-order valence-electron chi connectivity index (χ1n) is 5.45. The minimum absolute atomic E-state index is 0.0515. The van der Waals surface area contributed by atoms with Gasteiger partial charge in [0.15, 0.2) is 0 Å². The largest absolute Gasteiger partial charge is 0.475 e. The molecule has 1 aliphatic carbocycles. The van der Waals surface area contributed by atoms with Crippen LogP contribution in [-0.2, 0) is 6.42 Å². The van der Waals surface area contributed by atoms with E-state index in [4.69, 9.17) is 9.52 Å². The van der Waals surface area contributed by atoms with Crippen molar-refractivity contribution in [2.75, 3.05) is 0 Å². The van der Waals surface area contributed by atoms with Gasteiger partial charge in [-0.25, -0.2) is 9.78 Å². The van der Waals surface area contributed by atoms with Crippen molar-refractivity contribution >= 4 is 5.97 Å². The zero-order chi connectivity index (χ0) is 12.0. The Hall–Kier alpha value is -2.10. The number of aromatic nitrogens is 1. The highest BCUT2D eigenvalue weighted by atomic mass is 16.4. The van der Waals surface area contributed by atoms with Crippen molar-refractivity contribution in [1.82, 2.24) is 4.98 Å². The maximum absolute atomic E-state index is 10.9. The Balaban J connectivity index is 1.98. The van der Waals surface area contributed by atoms with E-state index in [0.29, 0.717) is 11.6 Å². The van der Waals surface area contributed by atoms with Crippen LogP contribution in [0.15, 0.2) is 28.7 Å². The Morgan fingerprint density at radius 1 is 1.47 bits per heavy atom. The molecule has 0 amide bonds. The number of hydrogen-bond donors (Lipinski definition) is 1. The number of fused-ring (bicyclic) bond motifs is 1. The van der Waals surface area contributed by atoms with Crippen LogP contribution in [0.3, 0.4) is 0 Å². The zero-order valence-corrected chi connectivity index (χ0v) is 9.30. The molecule has 2 aromatic rings. The first-order valence-corrected chi connectivity index (χ1v) is 5.45. The van der Waals surface area contributed by atoms with Crippen LogP contribution >= 0.6 is 0 Å². The van der Waals surface area contributed by atoms with Gasteiger partial charge < -0.3 is 9.52 Å². The van der Waals surface area contributed by atoms with E-state index in [1.54, 1.807) is 6.92 Å². The highest BCUT2D eigenvalue weighted by molar-refractivity contribution is 5.85. The molecular formula is C13H11NO3. The van der Waals surface area contributed by atoms with Crippen LogP contribution in [0, 0.1) is 6.92 Å². The second-order valence-electron chi connectivity index (χ2n) is 4.23. The number of rotatable bonds is 2. The second kappa shape index (κ2) is 3.45. The molecule has 1 atom stereocenters. The van der Waals surface area contributed by atoms with Crippen molar-refractivity contribution in [1.29, 1.82) is 0 Å². The highest BCUT2D eigenvalue weighted by Crippen LogP contribution is 2.39. The summed E-state index contributed by atoms with van der Waals surface area (Å²) in [6.45, 7) is 1.65. The van der Waals surface area contributed by atoms with Crippen molar-refractivity contribution < 1.29 is 14.3 Å². The van der Waals surface area contributed by atoms with Gasteiger partial charge >= 0.3 is 5.97 Å². The molecule has 86 valence electrons. The SMILES string of the molecule is Cc1nc(C2Cc3ccccc32)oc1C(=O)O. The predicted molar refractivity (Wildman–Crippen MR) is 60.2 cm³/mol. The molecule has 0 aliphatic heterocycles. The third-order valence-electron chi connectivity index (χ3n) is 3.16. The molecule has 0 spiro atoms. The Morgan fingerprint density at radius 3 is 2.88 bits per heavy atom. The third kappa shape index (κ3) is 1.45. The van der Waals surface area contributed by atoms with Crippen LogP contribution < -0.4 is 0 Å². The maximum atomic E-state index is 10.9. The lowest BCUT2D eigenvalue weighted by Crippen LogP contribution is -2.18. The van der Waals surface area contributed by atoms with E-state index in [1.807, 2.05) is 18.2 Å². The van der Waals surface area contributed by atoms with Gasteiger partial charge in [0.1, 0.15) is 0 Å². The third-order valence-corrected chi connectivity index (χ3v) is 3.16. The number of aryl methyl sites for hydroxylation is 1. The summed E-state index contributed by atoms with van der Waals surface area (Å²) in [6, 6.07) is 8.07. The smallest absolute Gasteiger partial charge is 0.373 e. The van der Waals surface area contributed by atoms with Crippen LogP contribution in [0.4, 0.5) is 0 Å². The van der Waals surface area contributed by atoms with Crippen LogP contribution in [0.25, 0.3) is 0 Å². The van der Waals surface area contributed by atoms with E-state index in [2.05, 4.69) is 11.1 Å². The number of oxazole rings is 1. The predicted octanol–water partition coefficient (Wildman–Crippen LogP) is 2.37. The van der Waals surface area contributed by atoms with Gasteiger partial charge in [-0.2, -0.15) is 0 Å². The van der Waals surface area contributed by atoms with Gasteiger partial charge in [-0.1, -0.05) is 24.3 Å². The topological polar surface area (TPSA) is 63.3 Å². The molecule has 4 nitrogen and oxygen atoms in total. The molecule has 1 N–H and O–H groups in total. The Labute approximate surface area is 97.9 Å². The number of carboxylic acids is 1. The van der Waals surface area contributed by atoms with Gasteiger partial charge in [0, 0.05) is 0 Å². The summed E-state index contributed by atoms with van der Waals surface area (Å²) in [7, 11) is 0. The fourth-order valence-corrected chi connectivity index (χ4v) is 2.24. The van der Waals surface area contributed by atoms with Crippen molar-refractivity contribution in [3.8, 4) is 0 Å². The number of benzene rings is 1. The average molecular weight is 229 g/mol. The number of carboxylic acid groups (broad SMARTS) is 1. The molecule has 0 fully saturated rings. The van der Waals surface area contributed by atoms with Crippen molar-refractivity contribution in [3.05, 3.63) is 52.7 Å². The van der Waals surface area contributed by atoms with E-state index < -0.39 is 5.97 Å². The monoisotopic (exact) mass is 229 g/mol. The zero-order valence-electron chi connectivity index (χ0n) is 9.30. The molecule has 0 bridgehead atoms. The van der Waals surface area contributed by atoms with Gasteiger partial charge in [-0.3, -0.25) is 0 Å². The molecule has 1 unspecified atom stereocenters. The van der Waals surface area contributed by atoms with Gasteiger partial charge in [0.25, 0.3) is 0 Å². The minimum atomic E-state index is -1.06. The molecule has 3 rings (SSSR count). The summed E-state index contributed by atoms with van der Waals surface area (Å²) in [4.78, 5) is 15.1. The van der Waals surface area contributed by atoms with Crippen LogP contribution in [-0.4, -0.2) is 16.1 Å². The summed E-state index contributed by atoms with van der Waals surface area (Å²) in [5.41, 5.74) is 2.91. The Bertz CT molecular complexity index is 600. The number of carbonyl (C=O) groups is 1. The number of aromatic carboxylic acids is 1. The fourth-order valence-electron chi connectivity index (χ4n) is 2.24. The number of hydrogen-bond acceptors (Lipinski definition) is 3. The standard InChI is InChI=1S/C13H11NO3/c1-7-11(13(15)16)17-12(14-7)10-6-8-4-2-3-5-9(8)10/h2-5,10H,6H2,1H3,(H,15,16). The van der Waals surface area contributed by atoms with E-state index in [1.165, 1.54) is 11.1 Å². The lowest BCUT2D eigenvalue weighted by molar-refractivity contribution is 0.0658. The van der Waals surface area contributed by atoms with Gasteiger partial charge in [-0.05, 0) is 24.5 Å². The average Bonchev–Trinajstić information content (AvgIpc) is 2.62. The van der Waals surface area contributed by atoms with Crippen molar-refractivity contribution in [2.24, 2.45) is 0 Å². The molecule has 4 heteroatoms. The van der Waals surface area contributed by atoms with Crippen LogP contribution in [0.2, 0.25) is 0 Å². The van der Waals surface area contributed by atoms with Crippen LogP contribution in [0.5, 0.6) is 0 Å². The fraction of sp³-hybridized carbons (Fsp3) is 0.231. The van der Waals surface area contributed by atoms with Gasteiger partial charge in [-0.15, -0.1) is 0 Å². The molecule has 1 aromatic heterocycles. The van der Waals surface area contributed by atoms with Gasteiger partial charge in [0.05, 0.1) is 11.6 Å². The highest BCUT2D eigenvalue weighted by Gasteiger charge is 2.32.